The molecule has 0 radical (unpaired) electrons. The Kier molecular flexibility index (Phi) is 5.67. The number of halogens is 1. The van der Waals surface area contributed by atoms with Crippen molar-refractivity contribution in [2.24, 2.45) is 11.7 Å². The van der Waals surface area contributed by atoms with E-state index in [1.807, 2.05) is 0 Å². The van der Waals surface area contributed by atoms with E-state index in [1.165, 1.54) is 12.3 Å². The Bertz CT molecular complexity index is 426. The molecule has 2 N–H and O–H groups in total. The lowest BCUT2D eigenvalue weighted by atomic mass is 9.98. The second-order valence-corrected chi connectivity index (χ2v) is 6.33. The normalized spacial score (nSPS) is 20.7. The lowest BCUT2D eigenvalue weighted by Crippen LogP contribution is -2.50. The summed E-state index contributed by atoms with van der Waals surface area (Å²) in [5.74, 6) is -0.0167. The molecule has 0 saturated carbocycles. The summed E-state index contributed by atoms with van der Waals surface area (Å²) in [5, 5.41) is 0. The second-order valence-electron chi connectivity index (χ2n) is 6.33. The predicted molar refractivity (Wildman–Crippen MR) is 83.4 cm³/mol. The number of nitrogens with zero attached hydrogens (tertiary/aromatic N) is 3. The van der Waals surface area contributed by atoms with Gasteiger partial charge in [0.25, 0.3) is 0 Å². The average molecular weight is 294 g/mol. The molecule has 2 rings (SSSR count). The molecule has 1 aliphatic rings. The zero-order valence-electron chi connectivity index (χ0n) is 13.3. The number of nitrogens with two attached hydrogens (primary N) is 1. The van der Waals surface area contributed by atoms with Crippen LogP contribution in [0.5, 0.6) is 0 Å². The van der Waals surface area contributed by atoms with Gasteiger partial charge >= 0.3 is 0 Å². The van der Waals surface area contributed by atoms with Crippen LogP contribution in [0.3, 0.4) is 0 Å². The fourth-order valence-electron chi connectivity index (χ4n) is 2.86. The summed E-state index contributed by atoms with van der Waals surface area (Å²) in [6, 6.07) is 3.59. The summed E-state index contributed by atoms with van der Waals surface area (Å²) >= 11 is 0. The van der Waals surface area contributed by atoms with Gasteiger partial charge in [0.1, 0.15) is 5.82 Å². The Morgan fingerprint density at radius 3 is 2.38 bits per heavy atom. The first-order valence-corrected chi connectivity index (χ1v) is 7.81. The first-order valence-electron chi connectivity index (χ1n) is 7.81. The van der Waals surface area contributed by atoms with Crippen LogP contribution in [0, 0.1) is 11.7 Å². The molecule has 1 saturated heterocycles. The van der Waals surface area contributed by atoms with Crippen molar-refractivity contribution in [1.29, 1.82) is 0 Å². The molecule has 4 nitrogen and oxygen atoms in total. The molecular formula is C16H27FN4. The van der Waals surface area contributed by atoms with Crippen molar-refractivity contribution in [1.82, 2.24) is 14.8 Å². The van der Waals surface area contributed by atoms with E-state index < -0.39 is 0 Å². The molecule has 0 aliphatic carbocycles. The Balaban J connectivity index is 1.84. The topological polar surface area (TPSA) is 45.4 Å². The van der Waals surface area contributed by atoms with Gasteiger partial charge in [-0.05, 0) is 31.9 Å². The van der Waals surface area contributed by atoms with Gasteiger partial charge in [-0.2, -0.15) is 0 Å². The molecule has 0 spiro atoms. The van der Waals surface area contributed by atoms with Crippen molar-refractivity contribution < 1.29 is 4.39 Å². The maximum atomic E-state index is 12.9. The molecule has 1 aromatic heterocycles. The van der Waals surface area contributed by atoms with Gasteiger partial charge in [-0.25, -0.2) is 4.39 Å². The summed E-state index contributed by atoms with van der Waals surface area (Å²) < 4.78 is 12.9. The molecule has 5 heteroatoms. The Morgan fingerprint density at radius 2 is 1.86 bits per heavy atom. The summed E-state index contributed by atoms with van der Waals surface area (Å²) in [4.78, 5) is 9.07. The standard InChI is InChI=1S/C16H27FN4/c1-12(2)21-8-6-20(7-9-21)11-13(3)16(18)15-5-4-14(17)10-19-15/h4-5,10,12-13,16H,6-9,11,18H2,1-3H3. The molecule has 1 fully saturated rings. The summed E-state index contributed by atoms with van der Waals surface area (Å²) in [6.45, 7) is 12.0. The fourth-order valence-corrected chi connectivity index (χ4v) is 2.86. The number of rotatable bonds is 5. The fraction of sp³-hybridized carbons (Fsp3) is 0.688. The molecule has 0 amide bonds. The monoisotopic (exact) mass is 294 g/mol. The molecule has 1 aromatic rings. The highest BCUT2D eigenvalue weighted by molar-refractivity contribution is 5.10. The highest BCUT2D eigenvalue weighted by Gasteiger charge is 2.23. The predicted octanol–water partition coefficient (Wildman–Crippen LogP) is 1.88. The van der Waals surface area contributed by atoms with Crippen molar-refractivity contribution in [3.8, 4) is 0 Å². The molecule has 21 heavy (non-hydrogen) atoms. The van der Waals surface area contributed by atoms with Gasteiger partial charge in [0.15, 0.2) is 0 Å². The van der Waals surface area contributed by atoms with E-state index in [9.17, 15) is 4.39 Å². The van der Waals surface area contributed by atoms with Crippen LogP contribution < -0.4 is 5.73 Å². The van der Waals surface area contributed by atoms with Gasteiger partial charge in [0.2, 0.25) is 0 Å². The molecule has 1 aliphatic heterocycles. The molecule has 0 bridgehead atoms. The van der Waals surface area contributed by atoms with E-state index in [0.717, 1.165) is 38.4 Å². The van der Waals surface area contributed by atoms with Crippen molar-refractivity contribution in [2.45, 2.75) is 32.9 Å². The van der Waals surface area contributed by atoms with Gasteiger partial charge < -0.3 is 10.6 Å². The Labute approximate surface area is 127 Å². The van der Waals surface area contributed by atoms with E-state index in [2.05, 4.69) is 35.6 Å². The van der Waals surface area contributed by atoms with E-state index in [-0.39, 0.29) is 11.9 Å². The third kappa shape index (κ3) is 4.46. The zero-order chi connectivity index (χ0) is 15.4. The van der Waals surface area contributed by atoms with E-state index >= 15 is 0 Å². The molecule has 2 heterocycles. The molecule has 118 valence electrons. The van der Waals surface area contributed by atoms with Crippen LogP contribution in [0.2, 0.25) is 0 Å². The number of hydrogen-bond donors (Lipinski definition) is 1. The lowest BCUT2D eigenvalue weighted by molar-refractivity contribution is 0.0952. The third-order valence-electron chi connectivity index (χ3n) is 4.39. The maximum Gasteiger partial charge on any atom is 0.141 e. The van der Waals surface area contributed by atoms with Crippen LogP contribution in [0.4, 0.5) is 4.39 Å². The molecule has 2 atom stereocenters. The van der Waals surface area contributed by atoms with E-state index in [4.69, 9.17) is 5.73 Å². The van der Waals surface area contributed by atoms with Crippen LogP contribution in [0.1, 0.15) is 32.5 Å². The summed E-state index contributed by atoms with van der Waals surface area (Å²) in [5.41, 5.74) is 7.03. The quantitative estimate of drug-likeness (QED) is 0.901. The minimum Gasteiger partial charge on any atom is -0.322 e. The van der Waals surface area contributed by atoms with Crippen LogP contribution in [0.25, 0.3) is 0 Å². The SMILES string of the molecule is CC(CN1CCN(C(C)C)CC1)C(N)c1ccc(F)cn1. The van der Waals surface area contributed by atoms with Crippen LogP contribution in [-0.4, -0.2) is 53.5 Å². The van der Waals surface area contributed by atoms with Crippen LogP contribution >= 0.6 is 0 Å². The molecule has 0 aromatic carbocycles. The maximum absolute atomic E-state index is 12.9. The second kappa shape index (κ2) is 7.29. The van der Waals surface area contributed by atoms with Crippen molar-refractivity contribution >= 4 is 0 Å². The van der Waals surface area contributed by atoms with E-state index in [0.29, 0.717) is 12.0 Å². The third-order valence-corrected chi connectivity index (χ3v) is 4.39. The minimum absolute atomic E-state index is 0.145. The highest BCUT2D eigenvalue weighted by atomic mass is 19.1. The van der Waals surface area contributed by atoms with Crippen LogP contribution in [-0.2, 0) is 0 Å². The number of aromatic nitrogens is 1. The first kappa shape index (κ1) is 16.3. The molecular weight excluding hydrogens is 267 g/mol. The number of pyridine rings is 1. The average Bonchev–Trinajstić information content (AvgIpc) is 2.47. The van der Waals surface area contributed by atoms with Crippen molar-refractivity contribution in [3.63, 3.8) is 0 Å². The summed E-state index contributed by atoms with van der Waals surface area (Å²) in [7, 11) is 0. The van der Waals surface area contributed by atoms with Gasteiger partial charge in [0, 0.05) is 38.8 Å². The Hall–Kier alpha value is -1.04. The van der Waals surface area contributed by atoms with Gasteiger partial charge in [-0.15, -0.1) is 0 Å². The van der Waals surface area contributed by atoms with Gasteiger partial charge in [-0.1, -0.05) is 6.92 Å². The Morgan fingerprint density at radius 1 is 1.19 bits per heavy atom. The van der Waals surface area contributed by atoms with Gasteiger partial charge in [-0.3, -0.25) is 9.88 Å². The lowest BCUT2D eigenvalue weighted by Gasteiger charge is -2.38. The zero-order valence-corrected chi connectivity index (χ0v) is 13.3. The number of hydrogen-bond acceptors (Lipinski definition) is 4. The smallest absolute Gasteiger partial charge is 0.141 e. The summed E-state index contributed by atoms with van der Waals surface area (Å²) in [6.07, 6.45) is 1.24. The largest absolute Gasteiger partial charge is 0.322 e. The molecule has 2 unspecified atom stereocenters. The van der Waals surface area contributed by atoms with Crippen LogP contribution in [0.15, 0.2) is 18.3 Å². The van der Waals surface area contributed by atoms with Gasteiger partial charge in [0.05, 0.1) is 17.9 Å². The minimum atomic E-state index is -0.316. The van der Waals surface area contributed by atoms with E-state index in [1.54, 1.807) is 6.07 Å². The first-order chi connectivity index (χ1) is 9.97. The highest BCUT2D eigenvalue weighted by Crippen LogP contribution is 2.19. The number of piperazine rings is 1. The van der Waals surface area contributed by atoms with Crippen molar-refractivity contribution in [3.05, 3.63) is 29.8 Å². The van der Waals surface area contributed by atoms with Crippen molar-refractivity contribution in [2.75, 3.05) is 32.7 Å².